The molecule has 0 heterocycles. The zero-order chi connectivity index (χ0) is 76.7. The molecule has 0 fully saturated rings. The van der Waals surface area contributed by atoms with Gasteiger partial charge in [-0.1, -0.05) is 389 Å². The summed E-state index contributed by atoms with van der Waals surface area (Å²) in [5.74, 6) is 1.07. The lowest BCUT2D eigenvalue weighted by molar-refractivity contribution is -0.161. The summed E-state index contributed by atoms with van der Waals surface area (Å²) < 4.78 is 68.8. The summed E-state index contributed by atoms with van der Waals surface area (Å²) in [6, 6.07) is 0. The number of aliphatic hydroxyl groups is 1. The molecule has 19 heteroatoms. The van der Waals surface area contributed by atoms with Crippen LogP contribution in [-0.2, 0) is 65.4 Å². The summed E-state index contributed by atoms with van der Waals surface area (Å²) in [6.07, 6.45) is 62.5. The fraction of sp³-hybridized carbons (Fsp3) is 0.953. The number of carbonyl (C=O) groups is 4. The largest absolute Gasteiger partial charge is 0.472 e. The topological polar surface area (TPSA) is 237 Å². The number of phosphoric ester groups is 2. The Morgan fingerprint density at radius 2 is 0.462 bits per heavy atom. The summed E-state index contributed by atoms with van der Waals surface area (Å²) in [5.41, 5.74) is 0. The van der Waals surface area contributed by atoms with Gasteiger partial charge in [-0.3, -0.25) is 37.3 Å². The predicted octanol–water partition coefficient (Wildman–Crippen LogP) is 25.6. The Morgan fingerprint density at radius 3 is 0.683 bits per heavy atom. The third-order valence-corrected chi connectivity index (χ3v) is 22.4. The Labute approximate surface area is 638 Å². The van der Waals surface area contributed by atoms with E-state index in [4.69, 9.17) is 37.0 Å². The molecule has 618 valence electrons. The summed E-state index contributed by atoms with van der Waals surface area (Å²) in [5, 5.41) is 10.7. The molecular weight excluding hydrogens is 1350 g/mol. The van der Waals surface area contributed by atoms with Crippen molar-refractivity contribution in [3.8, 4) is 0 Å². The average molecular weight is 1520 g/mol. The van der Waals surface area contributed by atoms with Gasteiger partial charge in [0.15, 0.2) is 12.2 Å². The molecule has 0 saturated carbocycles. The minimum atomic E-state index is -4.97. The molecule has 0 saturated heterocycles. The number of hydrogen-bond donors (Lipinski definition) is 3. The zero-order valence-corrected chi connectivity index (χ0v) is 70.5. The second-order valence-corrected chi connectivity index (χ2v) is 34.9. The van der Waals surface area contributed by atoms with Crippen molar-refractivity contribution in [2.24, 2.45) is 23.7 Å². The molecule has 0 aliphatic carbocycles. The minimum absolute atomic E-state index is 0.104. The van der Waals surface area contributed by atoms with Gasteiger partial charge in [-0.05, 0) is 49.4 Å². The van der Waals surface area contributed by atoms with Crippen LogP contribution < -0.4 is 0 Å². The summed E-state index contributed by atoms with van der Waals surface area (Å²) in [4.78, 5) is 73.1. The number of carbonyl (C=O) groups excluding carboxylic acids is 4. The van der Waals surface area contributed by atoms with Gasteiger partial charge >= 0.3 is 39.5 Å². The Hall–Kier alpha value is -1.94. The fourth-order valence-electron chi connectivity index (χ4n) is 13.1. The van der Waals surface area contributed by atoms with Crippen LogP contribution >= 0.6 is 15.6 Å². The van der Waals surface area contributed by atoms with Crippen LogP contribution in [0.1, 0.15) is 441 Å². The van der Waals surface area contributed by atoms with Gasteiger partial charge in [-0.25, -0.2) is 9.13 Å². The molecular formula is C85H166O17P2. The number of aliphatic hydroxyl groups excluding tert-OH is 1. The zero-order valence-electron chi connectivity index (χ0n) is 68.7. The van der Waals surface area contributed by atoms with Gasteiger partial charge in [0.25, 0.3) is 0 Å². The highest BCUT2D eigenvalue weighted by Crippen LogP contribution is 2.45. The lowest BCUT2D eigenvalue weighted by Crippen LogP contribution is -2.30. The number of esters is 4. The van der Waals surface area contributed by atoms with E-state index in [9.17, 15) is 43.2 Å². The number of hydrogen-bond acceptors (Lipinski definition) is 15. The molecule has 0 aliphatic rings. The van der Waals surface area contributed by atoms with E-state index in [-0.39, 0.29) is 25.7 Å². The Bertz CT molecular complexity index is 2030. The van der Waals surface area contributed by atoms with Crippen molar-refractivity contribution in [2.75, 3.05) is 39.6 Å². The van der Waals surface area contributed by atoms with Gasteiger partial charge in [0.2, 0.25) is 0 Å². The highest BCUT2D eigenvalue weighted by molar-refractivity contribution is 7.47. The molecule has 0 rings (SSSR count). The van der Waals surface area contributed by atoms with Crippen molar-refractivity contribution in [1.82, 2.24) is 0 Å². The first-order valence-corrected chi connectivity index (χ1v) is 46.8. The number of rotatable bonds is 82. The highest BCUT2D eigenvalue weighted by atomic mass is 31.2. The van der Waals surface area contributed by atoms with Crippen LogP contribution in [-0.4, -0.2) is 96.7 Å². The molecule has 0 spiro atoms. The highest BCUT2D eigenvalue weighted by Gasteiger charge is 2.30. The number of unbranched alkanes of at least 4 members (excludes halogenated alkanes) is 46. The Balaban J connectivity index is 5.22. The Kier molecular flexibility index (Phi) is 72.5. The van der Waals surface area contributed by atoms with Gasteiger partial charge in [-0.2, -0.15) is 0 Å². The second kappa shape index (κ2) is 73.8. The number of ether oxygens (including phenoxy) is 4. The van der Waals surface area contributed by atoms with Crippen molar-refractivity contribution < 1.29 is 80.2 Å². The summed E-state index contributed by atoms with van der Waals surface area (Å²) in [6.45, 7) is 14.3. The van der Waals surface area contributed by atoms with E-state index in [0.29, 0.717) is 25.7 Å². The molecule has 5 unspecified atom stereocenters. The first-order chi connectivity index (χ1) is 50.2. The molecule has 17 nitrogen and oxygen atoms in total. The molecule has 0 aromatic rings. The lowest BCUT2D eigenvalue weighted by Gasteiger charge is -2.21. The van der Waals surface area contributed by atoms with Gasteiger partial charge in [0, 0.05) is 25.7 Å². The van der Waals surface area contributed by atoms with E-state index in [2.05, 4.69) is 55.4 Å². The molecule has 104 heavy (non-hydrogen) atoms. The van der Waals surface area contributed by atoms with E-state index in [1.807, 2.05) is 0 Å². The van der Waals surface area contributed by atoms with Gasteiger partial charge in [0.1, 0.15) is 19.3 Å². The van der Waals surface area contributed by atoms with E-state index in [0.717, 1.165) is 114 Å². The van der Waals surface area contributed by atoms with Crippen LogP contribution in [0.15, 0.2) is 0 Å². The first kappa shape index (κ1) is 102. The van der Waals surface area contributed by atoms with Crippen molar-refractivity contribution in [3.05, 3.63) is 0 Å². The Morgan fingerprint density at radius 1 is 0.269 bits per heavy atom. The smallest absolute Gasteiger partial charge is 0.462 e. The van der Waals surface area contributed by atoms with Crippen LogP contribution in [0.25, 0.3) is 0 Å². The third kappa shape index (κ3) is 75.5. The van der Waals surface area contributed by atoms with E-state index >= 15 is 0 Å². The van der Waals surface area contributed by atoms with Crippen molar-refractivity contribution in [3.63, 3.8) is 0 Å². The normalized spacial score (nSPS) is 14.5. The lowest BCUT2D eigenvalue weighted by atomic mass is 9.99. The van der Waals surface area contributed by atoms with Crippen LogP contribution in [0.5, 0.6) is 0 Å². The number of phosphoric acid groups is 2. The quantitative estimate of drug-likeness (QED) is 0.0222. The standard InChI is InChI=1S/C85H166O17P2/c1-9-77(7)63-55-47-39-30-26-22-18-13-11-12-14-19-23-27-31-41-49-57-65-82(87)95-71-80(101-84(89)67-59-51-43-32-28-24-20-16-15-17-21-25-29-37-45-53-61-75(3)4)73-99-103(91,92)97-69-79(86)70-98-104(93,94)100-74-81(72-96-83(88)66-58-50-42-35-33-38-46-54-62-76(5)6)102-85(90)68-60-52-44-36-34-40-48-56-64-78(8)10-2/h75-81,86H,9-74H2,1-8H3,(H,91,92)(H,93,94)/t77?,78?,79?,80-,81-/m1/s1. The molecule has 7 atom stereocenters. The monoisotopic (exact) mass is 1520 g/mol. The molecule has 0 aromatic heterocycles. The van der Waals surface area contributed by atoms with Crippen molar-refractivity contribution >= 4 is 39.5 Å². The van der Waals surface area contributed by atoms with Gasteiger partial charge in [0.05, 0.1) is 26.4 Å². The fourth-order valence-corrected chi connectivity index (χ4v) is 14.7. The second-order valence-electron chi connectivity index (χ2n) is 32.0. The average Bonchev–Trinajstić information content (AvgIpc) is 0.902. The molecule has 0 amide bonds. The maximum absolute atomic E-state index is 13.1. The summed E-state index contributed by atoms with van der Waals surface area (Å²) in [7, 11) is -9.93. The summed E-state index contributed by atoms with van der Waals surface area (Å²) >= 11 is 0. The van der Waals surface area contributed by atoms with Gasteiger partial charge in [-0.15, -0.1) is 0 Å². The van der Waals surface area contributed by atoms with Crippen LogP contribution in [0.4, 0.5) is 0 Å². The molecule has 0 aromatic carbocycles. The van der Waals surface area contributed by atoms with E-state index in [1.165, 1.54) is 244 Å². The van der Waals surface area contributed by atoms with Crippen LogP contribution in [0.2, 0.25) is 0 Å². The predicted molar refractivity (Wildman–Crippen MR) is 428 cm³/mol. The third-order valence-electron chi connectivity index (χ3n) is 20.5. The molecule has 0 aliphatic heterocycles. The van der Waals surface area contributed by atoms with Crippen LogP contribution in [0.3, 0.4) is 0 Å². The SMILES string of the molecule is CCC(C)CCCCCCCCCCCCCCCCCCCCC(=O)OC[C@H](COP(=O)(O)OCC(O)COP(=O)(O)OC[C@@H](COC(=O)CCCCCCCCCCC(C)C)OC(=O)CCCCCCCCCCC(C)CC)OC(=O)CCCCCCCCCCCCCCCCCCC(C)C. The van der Waals surface area contributed by atoms with E-state index in [1.54, 1.807) is 0 Å². The minimum Gasteiger partial charge on any atom is -0.462 e. The van der Waals surface area contributed by atoms with Crippen molar-refractivity contribution in [1.29, 1.82) is 0 Å². The maximum Gasteiger partial charge on any atom is 0.472 e. The van der Waals surface area contributed by atoms with Gasteiger partial charge < -0.3 is 33.8 Å². The first-order valence-electron chi connectivity index (χ1n) is 43.8. The van der Waals surface area contributed by atoms with E-state index < -0.39 is 97.5 Å². The maximum atomic E-state index is 13.1. The van der Waals surface area contributed by atoms with Crippen molar-refractivity contribution in [2.45, 2.75) is 459 Å². The van der Waals surface area contributed by atoms with Crippen LogP contribution in [0, 0.1) is 23.7 Å². The molecule has 0 bridgehead atoms. The molecule has 0 radical (unpaired) electrons. The molecule has 3 N–H and O–H groups in total.